The molecule has 0 aromatic heterocycles. The first kappa shape index (κ1) is 36.4. The van der Waals surface area contributed by atoms with Crippen LogP contribution in [0.4, 0.5) is 4.79 Å². The molecule has 0 aliphatic heterocycles. The number of alkyl carbamates (subject to hydrolysis) is 1. The summed E-state index contributed by atoms with van der Waals surface area (Å²) in [7, 11) is 0. The van der Waals surface area contributed by atoms with Crippen molar-refractivity contribution < 1.29 is 19.1 Å². The maximum absolute atomic E-state index is 14.3. The number of carbonyl (C=O) groups is 3. The number of unbranched alkanes of at least 4 members (excludes halogenated alkanes) is 7. The highest BCUT2D eigenvalue weighted by molar-refractivity contribution is 7.98. The third-order valence-electron chi connectivity index (χ3n) is 6.69. The van der Waals surface area contributed by atoms with Crippen LogP contribution in [0, 0.1) is 12.3 Å². The summed E-state index contributed by atoms with van der Waals surface area (Å²) < 4.78 is 5.49. The second kappa shape index (κ2) is 20.3. The highest BCUT2D eigenvalue weighted by Gasteiger charge is 2.36. The molecule has 1 rings (SSSR count). The zero-order valence-electron chi connectivity index (χ0n) is 26.2. The summed E-state index contributed by atoms with van der Waals surface area (Å²) in [6.45, 7) is 10.5. The van der Waals surface area contributed by atoms with Crippen LogP contribution in [0.5, 0.6) is 0 Å². The maximum Gasteiger partial charge on any atom is 0.408 e. The molecular formula is C33H53N3O4S. The highest BCUT2D eigenvalue weighted by atomic mass is 32.2. The Kier molecular flexibility index (Phi) is 18.0. The van der Waals surface area contributed by atoms with Gasteiger partial charge in [-0.15, -0.1) is 6.42 Å². The van der Waals surface area contributed by atoms with Gasteiger partial charge < -0.3 is 20.3 Å². The molecule has 2 N–H and O–H groups in total. The predicted molar refractivity (Wildman–Crippen MR) is 171 cm³/mol. The lowest BCUT2D eigenvalue weighted by molar-refractivity contribution is -0.142. The molecule has 3 amide bonds. The molecular weight excluding hydrogens is 534 g/mol. The Labute approximate surface area is 253 Å². The van der Waals surface area contributed by atoms with Gasteiger partial charge in [-0.05, 0) is 63.7 Å². The Hall–Kier alpha value is -2.66. The Bertz CT molecular complexity index is 970. The molecule has 7 nitrogen and oxygen atoms in total. The van der Waals surface area contributed by atoms with E-state index in [-0.39, 0.29) is 11.8 Å². The number of hydrogen-bond donors (Lipinski definition) is 2. The van der Waals surface area contributed by atoms with E-state index in [0.29, 0.717) is 36.4 Å². The van der Waals surface area contributed by atoms with Gasteiger partial charge in [0.15, 0.2) is 0 Å². The third kappa shape index (κ3) is 14.2. The van der Waals surface area contributed by atoms with Crippen LogP contribution in [0.15, 0.2) is 24.3 Å². The second-order valence-electron chi connectivity index (χ2n) is 11.4. The number of ether oxygens (including phenoxy) is 1. The maximum atomic E-state index is 14.3. The van der Waals surface area contributed by atoms with Gasteiger partial charge in [0.1, 0.15) is 17.7 Å². The number of hydrogen-bond acceptors (Lipinski definition) is 5. The minimum absolute atomic E-state index is 0.260. The molecule has 0 spiro atoms. The summed E-state index contributed by atoms with van der Waals surface area (Å²) in [6.07, 6.45) is 16.7. The van der Waals surface area contributed by atoms with Crippen molar-refractivity contribution in [3.63, 3.8) is 0 Å². The number of nitrogens with one attached hydrogen (secondary N) is 2. The molecule has 2 atom stereocenters. The van der Waals surface area contributed by atoms with Gasteiger partial charge in [0.25, 0.3) is 0 Å². The Morgan fingerprint density at radius 3 is 2.27 bits per heavy atom. The van der Waals surface area contributed by atoms with Crippen molar-refractivity contribution in [2.24, 2.45) is 0 Å². The van der Waals surface area contributed by atoms with Crippen LogP contribution in [-0.2, 0) is 14.3 Å². The normalized spacial score (nSPS) is 12.6. The van der Waals surface area contributed by atoms with E-state index in [9.17, 15) is 14.4 Å². The SMILES string of the molecule is C#Cc1ccccc1C(C(=O)NCCCCC)N(CCCCCCCC)C(=O)C(CCSC)NC(=O)OC(C)(C)C. The van der Waals surface area contributed by atoms with Gasteiger partial charge in [0.2, 0.25) is 11.8 Å². The molecule has 1 aromatic rings. The number of rotatable bonds is 19. The van der Waals surface area contributed by atoms with E-state index in [0.717, 1.165) is 51.4 Å². The van der Waals surface area contributed by atoms with Gasteiger partial charge >= 0.3 is 6.09 Å². The van der Waals surface area contributed by atoms with Crippen molar-refractivity contribution in [2.45, 2.75) is 117 Å². The summed E-state index contributed by atoms with van der Waals surface area (Å²) >= 11 is 1.59. The number of carbonyl (C=O) groups excluding carboxylic acids is 3. The van der Waals surface area contributed by atoms with Crippen molar-refractivity contribution in [2.75, 3.05) is 25.1 Å². The van der Waals surface area contributed by atoms with Gasteiger partial charge in [0.05, 0.1) is 0 Å². The van der Waals surface area contributed by atoms with Gasteiger partial charge in [-0.3, -0.25) is 9.59 Å². The van der Waals surface area contributed by atoms with Crippen molar-refractivity contribution in [3.05, 3.63) is 35.4 Å². The van der Waals surface area contributed by atoms with Crippen LogP contribution in [0.3, 0.4) is 0 Å². The van der Waals surface area contributed by atoms with Gasteiger partial charge in [0, 0.05) is 18.7 Å². The fourth-order valence-electron chi connectivity index (χ4n) is 4.57. The first-order valence-electron chi connectivity index (χ1n) is 15.2. The van der Waals surface area contributed by atoms with Gasteiger partial charge in [-0.2, -0.15) is 11.8 Å². The molecule has 0 radical (unpaired) electrons. The Morgan fingerprint density at radius 1 is 1.00 bits per heavy atom. The van der Waals surface area contributed by atoms with Crippen molar-refractivity contribution in [3.8, 4) is 12.3 Å². The van der Waals surface area contributed by atoms with Crippen molar-refractivity contribution >= 4 is 29.7 Å². The van der Waals surface area contributed by atoms with Crippen LogP contribution in [0.2, 0.25) is 0 Å². The minimum atomic E-state index is -0.913. The average Bonchev–Trinajstić information content (AvgIpc) is 2.93. The van der Waals surface area contributed by atoms with E-state index in [4.69, 9.17) is 11.2 Å². The molecule has 0 fully saturated rings. The smallest absolute Gasteiger partial charge is 0.408 e. The molecule has 8 heteroatoms. The molecule has 0 aliphatic carbocycles. The van der Waals surface area contributed by atoms with Crippen LogP contribution in [0.1, 0.15) is 116 Å². The van der Waals surface area contributed by atoms with E-state index in [1.54, 1.807) is 43.5 Å². The molecule has 0 saturated carbocycles. The zero-order valence-corrected chi connectivity index (χ0v) is 27.0. The standard InChI is InChI=1S/C33H53N3O4S/c1-8-11-13-14-15-19-24-36(31(38)28(22-25-41-7)35-32(39)40-33(4,5)6)29(30(37)34-23-18-12-9-2)27-21-17-16-20-26(27)10-3/h3,16-17,20-21,28-29H,8-9,11-15,18-19,22-25H2,1-2,4-7H3,(H,34,37)(H,35,39). The number of thioether (sulfide) groups is 1. The van der Waals surface area contributed by atoms with E-state index in [2.05, 4.69) is 30.4 Å². The lowest BCUT2D eigenvalue weighted by Gasteiger charge is -2.35. The van der Waals surface area contributed by atoms with E-state index in [1.807, 2.05) is 24.5 Å². The van der Waals surface area contributed by atoms with E-state index < -0.39 is 23.8 Å². The molecule has 0 bridgehead atoms. The summed E-state index contributed by atoms with van der Waals surface area (Å²) in [5, 5.41) is 5.86. The fourth-order valence-corrected chi connectivity index (χ4v) is 5.04. The molecule has 41 heavy (non-hydrogen) atoms. The van der Waals surface area contributed by atoms with Crippen LogP contribution in [-0.4, -0.2) is 59.5 Å². The molecule has 2 unspecified atom stereocenters. The fraction of sp³-hybridized carbons (Fsp3) is 0.667. The monoisotopic (exact) mass is 587 g/mol. The van der Waals surface area contributed by atoms with Crippen LogP contribution in [0.25, 0.3) is 0 Å². The lowest BCUT2D eigenvalue weighted by Crippen LogP contribution is -2.53. The molecule has 230 valence electrons. The third-order valence-corrected chi connectivity index (χ3v) is 7.33. The second-order valence-corrected chi connectivity index (χ2v) is 12.4. The number of amides is 3. The minimum Gasteiger partial charge on any atom is -0.444 e. The summed E-state index contributed by atoms with van der Waals surface area (Å²) in [5.74, 6) is 2.79. The molecule has 0 aliphatic rings. The average molecular weight is 588 g/mol. The van der Waals surface area contributed by atoms with Crippen LogP contribution < -0.4 is 10.6 Å². The van der Waals surface area contributed by atoms with Gasteiger partial charge in [-0.25, -0.2) is 4.79 Å². The largest absolute Gasteiger partial charge is 0.444 e. The molecule has 0 saturated heterocycles. The van der Waals surface area contributed by atoms with E-state index >= 15 is 0 Å². The summed E-state index contributed by atoms with van der Waals surface area (Å²) in [6, 6.07) is 5.54. The zero-order chi connectivity index (χ0) is 30.7. The predicted octanol–water partition coefficient (Wildman–Crippen LogP) is 6.85. The number of terminal acetylenes is 1. The first-order chi connectivity index (χ1) is 19.6. The Balaban J connectivity index is 3.47. The van der Waals surface area contributed by atoms with Gasteiger partial charge in [-0.1, -0.05) is 82.9 Å². The summed E-state index contributed by atoms with van der Waals surface area (Å²) in [5.41, 5.74) is 0.480. The molecule has 1 aromatic carbocycles. The number of benzene rings is 1. The van der Waals surface area contributed by atoms with Crippen molar-refractivity contribution in [1.29, 1.82) is 0 Å². The topological polar surface area (TPSA) is 87.7 Å². The molecule has 0 heterocycles. The highest BCUT2D eigenvalue weighted by Crippen LogP contribution is 2.27. The quantitative estimate of drug-likeness (QED) is 0.137. The first-order valence-corrected chi connectivity index (χ1v) is 16.6. The Morgan fingerprint density at radius 2 is 1.63 bits per heavy atom. The summed E-state index contributed by atoms with van der Waals surface area (Å²) in [4.78, 5) is 42.6. The lowest BCUT2D eigenvalue weighted by atomic mass is 9.96. The number of nitrogens with zero attached hydrogens (tertiary/aromatic N) is 1. The van der Waals surface area contributed by atoms with E-state index in [1.165, 1.54) is 6.42 Å². The van der Waals surface area contributed by atoms with Crippen molar-refractivity contribution in [1.82, 2.24) is 15.5 Å². The van der Waals surface area contributed by atoms with Crippen LogP contribution >= 0.6 is 11.8 Å².